The third-order valence-electron chi connectivity index (χ3n) is 2.56. The molecule has 2 aromatic rings. The van der Waals surface area contributed by atoms with E-state index in [4.69, 9.17) is 4.74 Å². The molecule has 2 aromatic carbocycles. The van der Waals surface area contributed by atoms with Gasteiger partial charge < -0.3 is 10.1 Å². The molecule has 0 aliphatic heterocycles. The number of methoxy groups -OCH3 is 1. The molecule has 0 aliphatic carbocycles. The van der Waals surface area contributed by atoms with E-state index in [0.29, 0.717) is 5.56 Å². The minimum absolute atomic E-state index is 0.324. The Balaban J connectivity index is 2.67. The molecule has 0 spiro atoms. The van der Waals surface area contributed by atoms with Crippen LogP contribution in [0.1, 0.15) is 10.4 Å². The molecule has 3 heteroatoms. The summed E-state index contributed by atoms with van der Waals surface area (Å²) < 4.78 is 4.75. The first-order valence-corrected chi connectivity index (χ1v) is 5.05. The number of carbonyl (C=O) groups excluding carboxylic acids is 1. The van der Waals surface area contributed by atoms with Gasteiger partial charge in [-0.3, -0.25) is 0 Å². The normalized spacial score (nSPS) is 10.1. The Morgan fingerprint density at radius 1 is 1.19 bits per heavy atom. The van der Waals surface area contributed by atoms with Crippen LogP contribution in [0.15, 0.2) is 36.4 Å². The van der Waals surface area contributed by atoms with E-state index in [2.05, 4.69) is 5.32 Å². The molecular weight excluding hydrogens is 202 g/mol. The minimum Gasteiger partial charge on any atom is -0.465 e. The first-order valence-electron chi connectivity index (χ1n) is 5.05. The largest absolute Gasteiger partial charge is 0.465 e. The number of rotatable bonds is 2. The van der Waals surface area contributed by atoms with Gasteiger partial charge >= 0.3 is 5.97 Å². The molecule has 0 atom stereocenters. The number of carbonyl (C=O) groups is 1. The standard InChI is InChI=1S/C13H13NO2/c1-14-12-8-10-6-4-3-5-9(10)7-11(12)13(15)16-2/h3-8,14H,1-2H3. The van der Waals surface area contributed by atoms with E-state index < -0.39 is 0 Å². The monoisotopic (exact) mass is 215 g/mol. The summed E-state index contributed by atoms with van der Waals surface area (Å²) >= 11 is 0. The summed E-state index contributed by atoms with van der Waals surface area (Å²) in [5, 5.41) is 5.13. The highest BCUT2D eigenvalue weighted by Gasteiger charge is 2.11. The number of benzene rings is 2. The highest BCUT2D eigenvalue weighted by molar-refractivity contribution is 6.01. The molecule has 1 N–H and O–H groups in total. The Morgan fingerprint density at radius 3 is 2.38 bits per heavy atom. The van der Waals surface area contributed by atoms with Crippen LogP contribution in [0, 0.1) is 0 Å². The summed E-state index contributed by atoms with van der Waals surface area (Å²) in [4.78, 5) is 11.6. The summed E-state index contributed by atoms with van der Waals surface area (Å²) in [5.41, 5.74) is 1.34. The third kappa shape index (κ3) is 1.72. The van der Waals surface area contributed by atoms with E-state index in [1.807, 2.05) is 36.4 Å². The lowest BCUT2D eigenvalue weighted by atomic mass is 10.0. The molecule has 0 fully saturated rings. The van der Waals surface area contributed by atoms with Crippen LogP contribution in [-0.4, -0.2) is 20.1 Å². The van der Waals surface area contributed by atoms with Gasteiger partial charge in [-0.1, -0.05) is 24.3 Å². The molecule has 0 aromatic heterocycles. The molecular formula is C13H13NO2. The molecule has 0 saturated heterocycles. The van der Waals surface area contributed by atoms with Crippen molar-refractivity contribution in [1.82, 2.24) is 0 Å². The predicted molar refractivity (Wildman–Crippen MR) is 64.8 cm³/mol. The third-order valence-corrected chi connectivity index (χ3v) is 2.56. The van der Waals surface area contributed by atoms with Gasteiger partial charge in [-0.15, -0.1) is 0 Å². The highest BCUT2D eigenvalue weighted by Crippen LogP contribution is 2.24. The molecule has 16 heavy (non-hydrogen) atoms. The van der Waals surface area contributed by atoms with E-state index in [0.717, 1.165) is 16.5 Å². The van der Waals surface area contributed by atoms with Crippen LogP contribution in [0.2, 0.25) is 0 Å². The van der Waals surface area contributed by atoms with Crippen LogP contribution in [0.25, 0.3) is 10.8 Å². The molecule has 82 valence electrons. The highest BCUT2D eigenvalue weighted by atomic mass is 16.5. The summed E-state index contributed by atoms with van der Waals surface area (Å²) in [7, 11) is 3.17. The van der Waals surface area contributed by atoms with E-state index >= 15 is 0 Å². The van der Waals surface area contributed by atoms with Crippen LogP contribution >= 0.6 is 0 Å². The molecule has 0 aliphatic rings. The first kappa shape index (κ1) is 10.5. The molecule has 0 bridgehead atoms. The smallest absolute Gasteiger partial charge is 0.339 e. The van der Waals surface area contributed by atoms with E-state index in [1.54, 1.807) is 7.05 Å². The number of fused-ring (bicyclic) bond motifs is 1. The lowest BCUT2D eigenvalue weighted by Gasteiger charge is -2.09. The van der Waals surface area contributed by atoms with Gasteiger partial charge in [0, 0.05) is 12.7 Å². The summed E-state index contributed by atoms with van der Waals surface area (Å²) in [6.07, 6.45) is 0. The number of ether oxygens (including phenoxy) is 1. The fourth-order valence-corrected chi connectivity index (χ4v) is 1.73. The van der Waals surface area contributed by atoms with Crippen LogP contribution in [0.3, 0.4) is 0 Å². The molecule has 0 radical (unpaired) electrons. The van der Waals surface area contributed by atoms with Crippen molar-refractivity contribution in [1.29, 1.82) is 0 Å². The van der Waals surface area contributed by atoms with Crippen LogP contribution in [-0.2, 0) is 4.74 Å². The van der Waals surface area contributed by atoms with Gasteiger partial charge in [-0.2, -0.15) is 0 Å². The fraction of sp³-hybridized carbons (Fsp3) is 0.154. The number of hydrogen-bond acceptors (Lipinski definition) is 3. The van der Waals surface area contributed by atoms with Gasteiger partial charge in [0.15, 0.2) is 0 Å². The Morgan fingerprint density at radius 2 is 1.81 bits per heavy atom. The molecule has 0 unspecified atom stereocenters. The van der Waals surface area contributed by atoms with E-state index in [1.165, 1.54) is 7.11 Å². The summed E-state index contributed by atoms with van der Waals surface area (Å²) in [6, 6.07) is 11.7. The van der Waals surface area contributed by atoms with Gasteiger partial charge in [0.05, 0.1) is 12.7 Å². The lowest BCUT2D eigenvalue weighted by molar-refractivity contribution is 0.0602. The minimum atomic E-state index is -0.324. The Kier molecular flexibility index (Phi) is 2.77. The quantitative estimate of drug-likeness (QED) is 0.783. The topological polar surface area (TPSA) is 38.3 Å². The Bertz CT molecular complexity index is 534. The second-order valence-electron chi connectivity index (χ2n) is 3.49. The Labute approximate surface area is 94.0 Å². The summed E-state index contributed by atoms with van der Waals surface area (Å²) in [6.45, 7) is 0. The van der Waals surface area contributed by atoms with Crippen molar-refractivity contribution in [3.8, 4) is 0 Å². The first-order chi connectivity index (χ1) is 7.76. The lowest BCUT2D eigenvalue weighted by Crippen LogP contribution is -2.05. The van der Waals surface area contributed by atoms with Crippen molar-refractivity contribution >= 4 is 22.4 Å². The maximum Gasteiger partial charge on any atom is 0.339 e. The second-order valence-corrected chi connectivity index (χ2v) is 3.49. The zero-order valence-electron chi connectivity index (χ0n) is 9.28. The average molecular weight is 215 g/mol. The number of anilines is 1. The maximum atomic E-state index is 11.6. The van der Waals surface area contributed by atoms with Crippen molar-refractivity contribution in [3.05, 3.63) is 42.0 Å². The van der Waals surface area contributed by atoms with Gasteiger partial charge in [-0.05, 0) is 22.9 Å². The van der Waals surface area contributed by atoms with E-state index in [9.17, 15) is 4.79 Å². The van der Waals surface area contributed by atoms with Gasteiger partial charge in [-0.25, -0.2) is 4.79 Å². The molecule has 2 rings (SSSR count). The van der Waals surface area contributed by atoms with Crippen molar-refractivity contribution in [2.24, 2.45) is 0 Å². The van der Waals surface area contributed by atoms with Gasteiger partial charge in [0.1, 0.15) is 0 Å². The van der Waals surface area contributed by atoms with Crippen molar-refractivity contribution in [3.63, 3.8) is 0 Å². The predicted octanol–water partition coefficient (Wildman–Crippen LogP) is 2.67. The van der Waals surface area contributed by atoms with Gasteiger partial charge in [0.25, 0.3) is 0 Å². The Hall–Kier alpha value is -2.03. The van der Waals surface area contributed by atoms with Crippen LogP contribution in [0.4, 0.5) is 5.69 Å². The molecule has 0 saturated carbocycles. The number of hydrogen-bond donors (Lipinski definition) is 1. The van der Waals surface area contributed by atoms with Crippen molar-refractivity contribution < 1.29 is 9.53 Å². The average Bonchev–Trinajstić information content (AvgIpc) is 2.36. The zero-order chi connectivity index (χ0) is 11.5. The molecule has 0 amide bonds. The number of esters is 1. The molecule has 0 heterocycles. The van der Waals surface area contributed by atoms with Crippen molar-refractivity contribution in [2.45, 2.75) is 0 Å². The second kappa shape index (κ2) is 4.23. The summed E-state index contributed by atoms with van der Waals surface area (Å²) in [5.74, 6) is -0.324. The van der Waals surface area contributed by atoms with Crippen LogP contribution in [0.5, 0.6) is 0 Å². The van der Waals surface area contributed by atoms with Crippen molar-refractivity contribution in [2.75, 3.05) is 19.5 Å². The zero-order valence-corrected chi connectivity index (χ0v) is 9.28. The SMILES string of the molecule is CNc1cc2ccccc2cc1C(=O)OC. The maximum absolute atomic E-state index is 11.6. The van der Waals surface area contributed by atoms with E-state index in [-0.39, 0.29) is 5.97 Å². The molecule has 3 nitrogen and oxygen atoms in total. The van der Waals surface area contributed by atoms with Crippen LogP contribution < -0.4 is 5.32 Å². The van der Waals surface area contributed by atoms with Gasteiger partial charge in [0.2, 0.25) is 0 Å². The fourth-order valence-electron chi connectivity index (χ4n) is 1.73. The number of nitrogens with one attached hydrogen (secondary N) is 1.